The van der Waals surface area contributed by atoms with Crippen molar-refractivity contribution in [3.63, 3.8) is 0 Å². The van der Waals surface area contributed by atoms with Crippen molar-refractivity contribution in [3.05, 3.63) is 36.7 Å². The first-order valence-electron chi connectivity index (χ1n) is 5.74. The van der Waals surface area contributed by atoms with Gasteiger partial charge in [-0.25, -0.2) is 4.79 Å². The zero-order valence-corrected chi connectivity index (χ0v) is 13.9. The minimum atomic E-state index is -0.926. The smallest absolute Gasteiger partial charge is 0.330 e. The SMILES string of the molecule is O=c1[nH]c(=O)n([C@@H]2O[C@H](CO)C[C@H]2O)cc1/C(Br)=C\I. The standard InChI is InChI=1S/C11H12BrIN2O5/c12-7(2-13)6-3-15(11(19)14-9(6)18)10-8(17)1-5(4-16)20-10/h2-3,5,8,10,16-17H,1,4H2,(H,14,18,19)/b7-2+/t5-,8+,10+/m0/s1. The minimum absolute atomic E-state index is 0.228. The lowest BCUT2D eigenvalue weighted by atomic mass is 10.2. The van der Waals surface area contributed by atoms with Crippen molar-refractivity contribution in [2.24, 2.45) is 0 Å². The third-order valence-electron chi connectivity index (χ3n) is 2.96. The molecule has 0 unspecified atom stereocenters. The molecule has 1 aromatic rings. The summed E-state index contributed by atoms with van der Waals surface area (Å²) >= 11 is 5.17. The van der Waals surface area contributed by atoms with Crippen LogP contribution in [0.5, 0.6) is 0 Å². The normalized spacial score (nSPS) is 27.0. The van der Waals surface area contributed by atoms with Crippen LogP contribution < -0.4 is 11.2 Å². The first-order valence-corrected chi connectivity index (χ1v) is 7.78. The van der Waals surface area contributed by atoms with Crippen LogP contribution in [0.15, 0.2) is 19.9 Å². The number of halogens is 2. The predicted octanol–water partition coefficient (Wildman–Crippen LogP) is 0.306. The highest BCUT2D eigenvalue weighted by atomic mass is 127. The highest BCUT2D eigenvalue weighted by molar-refractivity contribution is 14.1. The largest absolute Gasteiger partial charge is 0.394 e. The van der Waals surface area contributed by atoms with E-state index in [1.54, 1.807) is 4.08 Å². The molecule has 1 aliphatic rings. The fourth-order valence-electron chi connectivity index (χ4n) is 2.00. The first-order chi connectivity index (χ1) is 9.47. The van der Waals surface area contributed by atoms with Crippen LogP contribution in [0.3, 0.4) is 0 Å². The van der Waals surface area contributed by atoms with Gasteiger partial charge in [0.1, 0.15) is 6.10 Å². The molecule has 0 spiro atoms. The van der Waals surface area contributed by atoms with E-state index in [0.29, 0.717) is 4.48 Å². The van der Waals surface area contributed by atoms with E-state index in [4.69, 9.17) is 9.84 Å². The van der Waals surface area contributed by atoms with Gasteiger partial charge in [0, 0.05) is 17.1 Å². The summed E-state index contributed by atoms with van der Waals surface area (Å²) in [6, 6.07) is 0. The fourth-order valence-corrected chi connectivity index (χ4v) is 2.62. The van der Waals surface area contributed by atoms with E-state index in [9.17, 15) is 14.7 Å². The number of aliphatic hydroxyl groups is 2. The summed E-state index contributed by atoms with van der Waals surface area (Å²) in [7, 11) is 0. The Bertz CT molecular complexity index is 640. The molecular formula is C11H12BrIN2O5. The number of aromatic amines is 1. The van der Waals surface area contributed by atoms with Gasteiger partial charge in [0.15, 0.2) is 6.23 Å². The highest BCUT2D eigenvalue weighted by Crippen LogP contribution is 2.28. The first kappa shape index (κ1) is 15.9. The van der Waals surface area contributed by atoms with Crippen molar-refractivity contribution in [2.45, 2.75) is 24.9 Å². The van der Waals surface area contributed by atoms with Gasteiger partial charge in [-0.3, -0.25) is 14.3 Å². The number of aromatic nitrogens is 2. The maximum Gasteiger partial charge on any atom is 0.330 e. The Labute approximate surface area is 135 Å². The summed E-state index contributed by atoms with van der Waals surface area (Å²) < 4.78 is 8.68. The van der Waals surface area contributed by atoms with Gasteiger partial charge < -0.3 is 14.9 Å². The van der Waals surface area contributed by atoms with Gasteiger partial charge in [-0.15, -0.1) is 0 Å². The average Bonchev–Trinajstić information content (AvgIpc) is 2.79. The Kier molecular flexibility index (Phi) is 5.18. The summed E-state index contributed by atoms with van der Waals surface area (Å²) in [6.45, 7) is -0.240. The second kappa shape index (κ2) is 6.52. The topological polar surface area (TPSA) is 105 Å². The maximum atomic E-state index is 11.8. The molecule has 1 saturated heterocycles. The van der Waals surface area contributed by atoms with Crippen molar-refractivity contribution in [2.75, 3.05) is 6.61 Å². The average molecular weight is 459 g/mol. The number of hydrogen-bond donors (Lipinski definition) is 3. The van der Waals surface area contributed by atoms with Crippen molar-refractivity contribution in [3.8, 4) is 0 Å². The van der Waals surface area contributed by atoms with Crippen molar-refractivity contribution in [1.82, 2.24) is 9.55 Å². The molecule has 1 aromatic heterocycles. The summed E-state index contributed by atoms with van der Waals surface area (Å²) in [6.07, 6.45) is -0.823. The lowest BCUT2D eigenvalue weighted by Crippen LogP contribution is -2.36. The molecule has 0 saturated carbocycles. The number of H-pyrrole nitrogens is 1. The second-order valence-corrected chi connectivity index (χ2v) is 5.78. The fraction of sp³-hybridized carbons (Fsp3) is 0.455. The third-order valence-corrected chi connectivity index (χ3v) is 5.10. The van der Waals surface area contributed by atoms with Gasteiger partial charge >= 0.3 is 5.69 Å². The number of aliphatic hydroxyl groups excluding tert-OH is 2. The Morgan fingerprint density at radius 2 is 2.35 bits per heavy atom. The van der Waals surface area contributed by atoms with E-state index in [0.717, 1.165) is 4.57 Å². The Balaban J connectivity index is 2.47. The van der Waals surface area contributed by atoms with E-state index < -0.39 is 29.7 Å². The Hall–Kier alpha value is -0.490. The zero-order chi connectivity index (χ0) is 14.9. The van der Waals surface area contributed by atoms with Crippen LogP contribution in [-0.2, 0) is 4.74 Å². The van der Waals surface area contributed by atoms with Gasteiger partial charge in [0.25, 0.3) is 5.56 Å². The second-order valence-electron chi connectivity index (χ2n) is 4.30. The van der Waals surface area contributed by atoms with Crippen molar-refractivity contribution < 1.29 is 14.9 Å². The summed E-state index contributed by atoms with van der Waals surface area (Å²) in [5.74, 6) is 0. The van der Waals surface area contributed by atoms with Crippen LogP contribution in [0.1, 0.15) is 18.2 Å². The van der Waals surface area contributed by atoms with Crippen LogP contribution in [-0.4, -0.2) is 38.6 Å². The zero-order valence-electron chi connectivity index (χ0n) is 10.1. The summed E-state index contributed by atoms with van der Waals surface area (Å²) in [4.78, 5) is 25.7. The summed E-state index contributed by atoms with van der Waals surface area (Å²) in [5, 5.41) is 19.0. The number of hydrogen-bond acceptors (Lipinski definition) is 5. The van der Waals surface area contributed by atoms with Gasteiger partial charge in [0.2, 0.25) is 0 Å². The van der Waals surface area contributed by atoms with Crippen molar-refractivity contribution in [1.29, 1.82) is 0 Å². The molecule has 9 heteroatoms. The highest BCUT2D eigenvalue weighted by Gasteiger charge is 2.35. The predicted molar refractivity (Wildman–Crippen MR) is 83.9 cm³/mol. The molecule has 3 N–H and O–H groups in total. The van der Waals surface area contributed by atoms with Gasteiger partial charge in [-0.2, -0.15) is 0 Å². The van der Waals surface area contributed by atoms with Crippen molar-refractivity contribution >= 4 is 43.0 Å². The molecule has 0 radical (unpaired) electrons. The molecule has 2 heterocycles. The molecular weight excluding hydrogens is 447 g/mol. The lowest BCUT2D eigenvalue weighted by Gasteiger charge is -2.17. The third kappa shape index (κ3) is 3.06. The molecule has 20 heavy (non-hydrogen) atoms. The molecule has 1 aliphatic heterocycles. The van der Waals surface area contributed by atoms with E-state index in [1.807, 2.05) is 22.6 Å². The molecule has 110 valence electrons. The Morgan fingerprint density at radius 3 is 2.90 bits per heavy atom. The van der Waals surface area contributed by atoms with E-state index in [2.05, 4.69) is 20.9 Å². The monoisotopic (exact) mass is 458 g/mol. The van der Waals surface area contributed by atoms with E-state index >= 15 is 0 Å². The van der Waals surface area contributed by atoms with Gasteiger partial charge in [-0.05, 0) is 20.0 Å². The molecule has 2 rings (SSSR count). The number of nitrogens with one attached hydrogen (secondary N) is 1. The van der Waals surface area contributed by atoms with E-state index in [-0.39, 0.29) is 18.6 Å². The van der Waals surface area contributed by atoms with Crippen LogP contribution in [0.2, 0.25) is 0 Å². The maximum absolute atomic E-state index is 11.8. The molecule has 0 amide bonds. The summed E-state index contributed by atoms with van der Waals surface area (Å²) in [5.41, 5.74) is -0.949. The van der Waals surface area contributed by atoms with Crippen LogP contribution >= 0.6 is 38.5 Å². The number of ether oxygens (including phenoxy) is 1. The molecule has 0 aliphatic carbocycles. The molecule has 3 atom stereocenters. The van der Waals surface area contributed by atoms with Gasteiger partial charge in [-0.1, -0.05) is 22.6 Å². The molecule has 7 nitrogen and oxygen atoms in total. The number of nitrogens with zero attached hydrogens (tertiary/aromatic N) is 1. The van der Waals surface area contributed by atoms with Crippen LogP contribution in [0.25, 0.3) is 4.48 Å². The van der Waals surface area contributed by atoms with E-state index in [1.165, 1.54) is 6.20 Å². The Morgan fingerprint density at radius 1 is 1.65 bits per heavy atom. The molecule has 0 bridgehead atoms. The molecule has 1 fully saturated rings. The minimum Gasteiger partial charge on any atom is -0.394 e. The van der Waals surface area contributed by atoms with Gasteiger partial charge in [0.05, 0.1) is 18.3 Å². The quantitative estimate of drug-likeness (QED) is 0.565. The van der Waals surface area contributed by atoms with Crippen LogP contribution in [0.4, 0.5) is 0 Å². The van der Waals surface area contributed by atoms with Crippen LogP contribution in [0, 0.1) is 0 Å². The molecule has 0 aromatic carbocycles. The lowest BCUT2D eigenvalue weighted by molar-refractivity contribution is -0.0530. The number of rotatable bonds is 3.